The Morgan fingerprint density at radius 1 is 0.975 bits per heavy atom. The molecule has 0 radical (unpaired) electrons. The molecule has 1 unspecified atom stereocenters. The second kappa shape index (κ2) is 11.8. The predicted molar refractivity (Wildman–Crippen MR) is 147 cm³/mol. The number of anilines is 1. The third kappa shape index (κ3) is 5.84. The average molecular weight is 544 g/mol. The van der Waals surface area contributed by atoms with Crippen LogP contribution in [0.2, 0.25) is 0 Å². The minimum atomic E-state index is -1.46. The number of hydrogen-bond acceptors (Lipinski definition) is 7. The Bertz CT molecular complexity index is 1500. The number of benzene rings is 3. The Morgan fingerprint density at radius 2 is 1.65 bits per heavy atom. The van der Waals surface area contributed by atoms with Crippen molar-refractivity contribution in [3.63, 3.8) is 0 Å². The van der Waals surface area contributed by atoms with Gasteiger partial charge in [-0.2, -0.15) is 0 Å². The van der Waals surface area contributed by atoms with E-state index in [0.29, 0.717) is 23.4 Å². The molecule has 206 valence electrons. The summed E-state index contributed by atoms with van der Waals surface area (Å²) in [6, 6.07) is 16.3. The maximum atomic E-state index is 13.3. The molecule has 1 aliphatic heterocycles. The molecule has 3 aromatic rings. The number of aryl methyl sites for hydroxylation is 1. The van der Waals surface area contributed by atoms with Crippen LogP contribution < -0.4 is 16.4 Å². The number of imide groups is 1. The molecular weight excluding hydrogens is 514 g/mol. The fourth-order valence-corrected chi connectivity index (χ4v) is 4.31. The molecule has 0 spiro atoms. The lowest BCUT2D eigenvalue weighted by Crippen LogP contribution is -2.51. The van der Waals surface area contributed by atoms with Gasteiger partial charge in [-0.25, -0.2) is 9.69 Å². The normalized spacial score (nSPS) is 13.1. The molecule has 40 heavy (non-hydrogen) atoms. The third-order valence-electron chi connectivity index (χ3n) is 6.41. The average Bonchev–Trinajstić information content (AvgIpc) is 3.17. The van der Waals surface area contributed by atoms with E-state index in [1.807, 2.05) is 6.92 Å². The van der Waals surface area contributed by atoms with Gasteiger partial charge in [0, 0.05) is 30.9 Å². The van der Waals surface area contributed by atoms with Gasteiger partial charge in [0.05, 0.1) is 16.7 Å². The zero-order valence-corrected chi connectivity index (χ0v) is 22.0. The zero-order chi connectivity index (χ0) is 29.0. The zero-order valence-electron chi connectivity index (χ0n) is 22.0. The molecule has 0 aliphatic carbocycles. The van der Waals surface area contributed by atoms with Crippen molar-refractivity contribution in [3.05, 3.63) is 99.6 Å². The summed E-state index contributed by atoms with van der Waals surface area (Å²) in [5, 5.41) is 22.9. The molecule has 0 aromatic heterocycles. The highest BCUT2D eigenvalue weighted by atomic mass is 16.5. The quantitative estimate of drug-likeness (QED) is 0.139. The molecule has 0 saturated carbocycles. The first kappa shape index (κ1) is 28.0. The number of nitrogens with one attached hydrogen (secondary N) is 3. The Morgan fingerprint density at radius 3 is 2.30 bits per heavy atom. The first-order valence-electron chi connectivity index (χ1n) is 12.5. The van der Waals surface area contributed by atoms with Crippen LogP contribution in [0.25, 0.3) is 0 Å². The van der Waals surface area contributed by atoms with Crippen molar-refractivity contribution in [2.24, 2.45) is 5.73 Å². The predicted octanol–water partition coefficient (Wildman–Crippen LogP) is 2.86. The van der Waals surface area contributed by atoms with Crippen LogP contribution in [0, 0.1) is 12.3 Å². The number of nitrogens with zero attached hydrogens (tertiary/aromatic N) is 1. The molecule has 1 aliphatic rings. The molecule has 0 fully saturated rings. The minimum Gasteiger partial charge on any atom is -0.478 e. The number of carboxylic acid groups (broad SMARTS) is 1. The fourth-order valence-electron chi connectivity index (χ4n) is 4.31. The van der Waals surface area contributed by atoms with Gasteiger partial charge in [0.1, 0.15) is 5.84 Å². The maximum Gasteiger partial charge on any atom is 0.335 e. The van der Waals surface area contributed by atoms with Gasteiger partial charge in [0.2, 0.25) is 6.23 Å². The van der Waals surface area contributed by atoms with Crippen molar-refractivity contribution in [1.82, 2.24) is 10.2 Å². The van der Waals surface area contributed by atoms with Gasteiger partial charge < -0.3 is 26.2 Å². The molecule has 3 aromatic carbocycles. The largest absolute Gasteiger partial charge is 0.478 e. The van der Waals surface area contributed by atoms with E-state index in [2.05, 4.69) is 10.6 Å². The number of hydrogen-bond donors (Lipinski definition) is 5. The summed E-state index contributed by atoms with van der Waals surface area (Å²) in [7, 11) is 0. The van der Waals surface area contributed by atoms with E-state index in [-0.39, 0.29) is 35.7 Å². The van der Waals surface area contributed by atoms with E-state index in [1.54, 1.807) is 55.5 Å². The molecule has 6 N–H and O–H groups in total. The van der Waals surface area contributed by atoms with Crippen molar-refractivity contribution >= 4 is 35.2 Å². The molecule has 1 atom stereocenters. The number of rotatable bonds is 11. The monoisotopic (exact) mass is 543 g/mol. The van der Waals surface area contributed by atoms with Gasteiger partial charge in [-0.15, -0.1) is 0 Å². The van der Waals surface area contributed by atoms with Gasteiger partial charge in [0.25, 0.3) is 17.7 Å². The Hall–Kier alpha value is -5.03. The van der Waals surface area contributed by atoms with Crippen LogP contribution in [0.4, 0.5) is 5.69 Å². The van der Waals surface area contributed by atoms with E-state index < -0.39 is 29.9 Å². The van der Waals surface area contributed by atoms with Crippen LogP contribution in [0.1, 0.15) is 60.3 Å². The SMILES string of the molecule is CCOC(C(=O)NCc1ccc(C(=N)N)cc1NCc1ccc(C(=O)O)cc1)N1C(=O)c2ccc(C)cc2C1=O. The third-order valence-corrected chi connectivity index (χ3v) is 6.41. The highest BCUT2D eigenvalue weighted by Gasteiger charge is 2.43. The van der Waals surface area contributed by atoms with E-state index in [4.69, 9.17) is 21.0 Å². The van der Waals surface area contributed by atoms with Crippen molar-refractivity contribution < 1.29 is 29.0 Å². The molecule has 11 nitrogen and oxygen atoms in total. The molecule has 0 saturated heterocycles. The van der Waals surface area contributed by atoms with Crippen molar-refractivity contribution in [3.8, 4) is 0 Å². The lowest BCUT2D eigenvalue weighted by atomic mass is 10.1. The van der Waals surface area contributed by atoms with Crippen molar-refractivity contribution in [1.29, 1.82) is 5.41 Å². The Kier molecular flexibility index (Phi) is 8.25. The highest BCUT2D eigenvalue weighted by Crippen LogP contribution is 2.26. The standard InChI is InChI=1S/C29H29N5O6/c1-3-40-28(34-26(36)21-11-4-16(2)12-22(21)27(34)37)25(35)33-15-20-10-9-19(24(30)31)13-23(20)32-14-17-5-7-18(8-6-17)29(38)39/h4-13,28,32H,3,14-15H2,1-2H3,(H3,30,31)(H,33,35)(H,38,39). The van der Waals surface area contributed by atoms with E-state index >= 15 is 0 Å². The van der Waals surface area contributed by atoms with E-state index in [1.165, 1.54) is 12.1 Å². The van der Waals surface area contributed by atoms with Gasteiger partial charge in [-0.05, 0) is 55.3 Å². The number of aromatic carboxylic acids is 1. The van der Waals surface area contributed by atoms with Gasteiger partial charge in [-0.1, -0.05) is 35.9 Å². The first-order valence-corrected chi connectivity index (χ1v) is 12.5. The van der Waals surface area contributed by atoms with E-state index in [9.17, 15) is 19.2 Å². The second-order valence-electron chi connectivity index (χ2n) is 9.20. The summed E-state index contributed by atoms with van der Waals surface area (Å²) >= 11 is 0. The maximum absolute atomic E-state index is 13.3. The van der Waals surface area contributed by atoms with Gasteiger partial charge >= 0.3 is 5.97 Å². The lowest BCUT2D eigenvalue weighted by Gasteiger charge is -2.25. The van der Waals surface area contributed by atoms with Crippen LogP contribution in [-0.4, -0.2) is 52.4 Å². The number of amidine groups is 1. The number of nitrogens with two attached hydrogens (primary N) is 1. The Balaban J connectivity index is 1.51. The van der Waals surface area contributed by atoms with Gasteiger partial charge in [0.15, 0.2) is 0 Å². The smallest absolute Gasteiger partial charge is 0.335 e. The summed E-state index contributed by atoms with van der Waals surface area (Å²) in [5.41, 5.74) is 9.60. The number of fused-ring (bicyclic) bond motifs is 1. The van der Waals surface area contributed by atoms with Crippen LogP contribution in [0.15, 0.2) is 60.7 Å². The summed E-state index contributed by atoms with van der Waals surface area (Å²) in [4.78, 5) is 51.3. The first-order chi connectivity index (χ1) is 19.1. The highest BCUT2D eigenvalue weighted by molar-refractivity contribution is 6.22. The van der Waals surface area contributed by atoms with Crippen LogP contribution in [0.5, 0.6) is 0 Å². The topological polar surface area (TPSA) is 175 Å². The number of nitrogen functional groups attached to an aromatic ring is 1. The molecule has 1 heterocycles. The molecular formula is C29H29N5O6. The number of carboxylic acids is 1. The van der Waals surface area contributed by atoms with Gasteiger partial charge in [-0.3, -0.25) is 19.8 Å². The summed E-state index contributed by atoms with van der Waals surface area (Å²) in [5.74, 6) is -3.02. The molecule has 3 amide bonds. The summed E-state index contributed by atoms with van der Waals surface area (Å²) in [6.45, 7) is 3.91. The number of amides is 3. The lowest BCUT2D eigenvalue weighted by molar-refractivity contribution is -0.140. The van der Waals surface area contributed by atoms with Crippen molar-refractivity contribution in [2.75, 3.05) is 11.9 Å². The summed E-state index contributed by atoms with van der Waals surface area (Å²) < 4.78 is 5.56. The summed E-state index contributed by atoms with van der Waals surface area (Å²) in [6.07, 6.45) is -1.46. The van der Waals surface area contributed by atoms with Crippen LogP contribution in [-0.2, 0) is 22.6 Å². The van der Waals surface area contributed by atoms with Crippen LogP contribution >= 0.6 is 0 Å². The minimum absolute atomic E-state index is 0.0170. The fraction of sp³-hybridized carbons (Fsp3) is 0.207. The second-order valence-corrected chi connectivity index (χ2v) is 9.20. The van der Waals surface area contributed by atoms with Crippen LogP contribution in [0.3, 0.4) is 0 Å². The Labute approximate surface area is 230 Å². The van der Waals surface area contributed by atoms with Crippen molar-refractivity contribution in [2.45, 2.75) is 33.2 Å². The number of carbonyl (C=O) groups is 4. The molecule has 4 rings (SSSR count). The molecule has 11 heteroatoms. The number of ether oxygens (including phenoxy) is 1. The molecule has 0 bridgehead atoms. The van der Waals surface area contributed by atoms with E-state index in [0.717, 1.165) is 16.0 Å². The number of carbonyl (C=O) groups excluding carboxylic acids is 3.